The van der Waals surface area contributed by atoms with E-state index < -0.39 is 21.3 Å². The van der Waals surface area contributed by atoms with E-state index in [1.54, 1.807) is 0 Å². The van der Waals surface area contributed by atoms with Gasteiger partial charge in [-0.1, -0.05) is 0 Å². The third-order valence-corrected chi connectivity index (χ3v) is 6.17. The lowest BCUT2D eigenvalue weighted by atomic mass is 10.2. The second-order valence-electron chi connectivity index (χ2n) is 5.08. The van der Waals surface area contributed by atoms with Gasteiger partial charge >= 0.3 is 0 Å². The van der Waals surface area contributed by atoms with E-state index in [4.69, 9.17) is 4.74 Å². The number of rotatable bonds is 4. The van der Waals surface area contributed by atoms with Crippen molar-refractivity contribution in [1.82, 2.24) is 14.9 Å². The minimum absolute atomic E-state index is 0.227. The monoisotopic (exact) mass is 305 g/mol. The number of amides is 1. The minimum atomic E-state index is -3.45. The Hall–Kier alpha value is -0.700. The van der Waals surface area contributed by atoms with Crippen LogP contribution in [0.15, 0.2) is 0 Å². The Balaban J connectivity index is 2.15. The second kappa shape index (κ2) is 6.84. The van der Waals surface area contributed by atoms with Crippen LogP contribution >= 0.6 is 0 Å². The Kier molecular flexibility index (Phi) is 5.36. The lowest BCUT2D eigenvalue weighted by Crippen LogP contribution is -2.61. The highest BCUT2D eigenvalue weighted by Gasteiger charge is 2.41. The summed E-state index contributed by atoms with van der Waals surface area (Å²) in [4.78, 5) is 12.1. The van der Waals surface area contributed by atoms with Crippen LogP contribution < -0.4 is 10.6 Å². The molecule has 0 aromatic carbocycles. The zero-order chi connectivity index (χ0) is 14.6. The Labute approximate surface area is 120 Å². The number of nitrogens with zero attached hydrogens (tertiary/aromatic N) is 1. The summed E-state index contributed by atoms with van der Waals surface area (Å²) in [5.41, 5.74) is 0. The number of carbonyl (C=O) groups is 1. The molecule has 0 aromatic rings. The molecule has 0 radical (unpaired) electrons. The van der Waals surface area contributed by atoms with Gasteiger partial charge in [-0.3, -0.25) is 4.79 Å². The molecule has 2 aliphatic heterocycles. The quantitative estimate of drug-likeness (QED) is 0.689. The molecule has 1 unspecified atom stereocenters. The highest BCUT2D eigenvalue weighted by Crippen LogP contribution is 2.22. The van der Waals surface area contributed by atoms with Crippen molar-refractivity contribution in [3.63, 3.8) is 0 Å². The highest BCUT2D eigenvalue weighted by atomic mass is 32.2. The SMILES string of the molecule is CCNC(=O)C1CNCCN1S(=O)(=O)C1CCOCC1. The number of carbonyl (C=O) groups excluding carboxylic acids is 1. The summed E-state index contributed by atoms with van der Waals surface area (Å²) in [6.45, 7) is 4.57. The zero-order valence-corrected chi connectivity index (χ0v) is 12.6. The number of sulfonamides is 1. The molecule has 2 saturated heterocycles. The number of hydrogen-bond donors (Lipinski definition) is 2. The third-order valence-electron chi connectivity index (χ3n) is 3.76. The Morgan fingerprint density at radius 1 is 1.40 bits per heavy atom. The van der Waals surface area contributed by atoms with Crippen LogP contribution in [0.5, 0.6) is 0 Å². The fraction of sp³-hybridized carbons (Fsp3) is 0.917. The molecule has 20 heavy (non-hydrogen) atoms. The fourth-order valence-electron chi connectivity index (χ4n) is 2.67. The van der Waals surface area contributed by atoms with E-state index in [1.807, 2.05) is 6.92 Å². The van der Waals surface area contributed by atoms with Crippen LogP contribution in [0.2, 0.25) is 0 Å². The topological polar surface area (TPSA) is 87.7 Å². The summed E-state index contributed by atoms with van der Waals surface area (Å²) in [6.07, 6.45) is 1.02. The molecule has 8 heteroatoms. The molecule has 0 aromatic heterocycles. The molecule has 0 saturated carbocycles. The molecule has 0 bridgehead atoms. The first-order valence-electron chi connectivity index (χ1n) is 7.14. The van der Waals surface area contributed by atoms with Crippen molar-refractivity contribution >= 4 is 15.9 Å². The van der Waals surface area contributed by atoms with Gasteiger partial charge in [0.15, 0.2) is 0 Å². The van der Waals surface area contributed by atoms with E-state index in [-0.39, 0.29) is 5.91 Å². The number of ether oxygens (including phenoxy) is 1. The van der Waals surface area contributed by atoms with Gasteiger partial charge in [0.25, 0.3) is 0 Å². The molecule has 2 heterocycles. The maximum absolute atomic E-state index is 12.7. The molecule has 0 aliphatic carbocycles. The van der Waals surface area contributed by atoms with Crippen molar-refractivity contribution in [2.75, 3.05) is 39.4 Å². The molecule has 1 amide bonds. The molecule has 7 nitrogen and oxygen atoms in total. The third kappa shape index (κ3) is 3.30. The van der Waals surface area contributed by atoms with Crippen LogP contribution in [-0.4, -0.2) is 69.3 Å². The van der Waals surface area contributed by atoms with Crippen molar-refractivity contribution in [1.29, 1.82) is 0 Å². The summed E-state index contributed by atoms with van der Waals surface area (Å²) < 4.78 is 32.0. The van der Waals surface area contributed by atoms with Crippen LogP contribution in [0.4, 0.5) is 0 Å². The van der Waals surface area contributed by atoms with E-state index in [0.717, 1.165) is 0 Å². The predicted molar refractivity (Wildman–Crippen MR) is 74.8 cm³/mol. The average Bonchev–Trinajstić information content (AvgIpc) is 2.48. The van der Waals surface area contributed by atoms with Gasteiger partial charge < -0.3 is 15.4 Å². The molecular formula is C12H23N3O4S. The number of piperazine rings is 1. The predicted octanol–water partition coefficient (Wildman–Crippen LogP) is -1.09. The van der Waals surface area contributed by atoms with Gasteiger partial charge in [-0.15, -0.1) is 0 Å². The largest absolute Gasteiger partial charge is 0.381 e. The van der Waals surface area contributed by atoms with Crippen LogP contribution in [0.3, 0.4) is 0 Å². The Bertz CT molecular complexity index is 434. The van der Waals surface area contributed by atoms with E-state index in [2.05, 4.69) is 10.6 Å². The zero-order valence-electron chi connectivity index (χ0n) is 11.8. The fourth-order valence-corrected chi connectivity index (χ4v) is 4.71. The van der Waals surface area contributed by atoms with Crippen LogP contribution in [-0.2, 0) is 19.6 Å². The summed E-state index contributed by atoms with van der Waals surface area (Å²) >= 11 is 0. The van der Waals surface area contributed by atoms with Gasteiger partial charge in [-0.2, -0.15) is 4.31 Å². The first kappa shape index (κ1) is 15.7. The molecular weight excluding hydrogens is 282 g/mol. The van der Waals surface area contributed by atoms with Crippen molar-refractivity contribution in [2.24, 2.45) is 0 Å². The minimum Gasteiger partial charge on any atom is -0.381 e. The second-order valence-corrected chi connectivity index (χ2v) is 7.25. The first-order valence-corrected chi connectivity index (χ1v) is 8.64. The molecule has 1 atom stereocenters. The lowest BCUT2D eigenvalue weighted by Gasteiger charge is -2.37. The van der Waals surface area contributed by atoms with Crippen molar-refractivity contribution < 1.29 is 17.9 Å². The Morgan fingerprint density at radius 3 is 2.75 bits per heavy atom. The van der Waals surface area contributed by atoms with E-state index in [1.165, 1.54) is 4.31 Å². The maximum atomic E-state index is 12.7. The van der Waals surface area contributed by atoms with Gasteiger partial charge in [0.05, 0.1) is 5.25 Å². The summed E-state index contributed by atoms with van der Waals surface area (Å²) in [7, 11) is -3.45. The van der Waals surface area contributed by atoms with Crippen LogP contribution in [0.1, 0.15) is 19.8 Å². The first-order chi connectivity index (χ1) is 9.57. The number of nitrogens with one attached hydrogen (secondary N) is 2. The molecule has 2 rings (SSSR count). The maximum Gasteiger partial charge on any atom is 0.239 e. The average molecular weight is 305 g/mol. The van der Waals surface area contributed by atoms with Gasteiger partial charge in [0.2, 0.25) is 15.9 Å². The standard InChI is InChI=1S/C12H23N3O4S/c1-2-14-12(16)11-9-13-5-6-15(11)20(17,18)10-3-7-19-8-4-10/h10-11,13H,2-9H2,1H3,(H,14,16). The van der Waals surface area contributed by atoms with Gasteiger partial charge in [0.1, 0.15) is 6.04 Å². The number of hydrogen-bond acceptors (Lipinski definition) is 5. The van der Waals surface area contributed by atoms with Crippen LogP contribution in [0.25, 0.3) is 0 Å². The number of likely N-dealkylation sites (N-methyl/N-ethyl adjacent to an activating group) is 1. The molecule has 2 N–H and O–H groups in total. The summed E-state index contributed by atoms with van der Waals surface area (Å²) in [6, 6.07) is -0.642. The summed E-state index contributed by atoms with van der Waals surface area (Å²) in [5, 5.41) is 5.37. The van der Waals surface area contributed by atoms with Gasteiger partial charge in [-0.05, 0) is 19.8 Å². The molecule has 116 valence electrons. The van der Waals surface area contributed by atoms with Crippen molar-refractivity contribution in [3.8, 4) is 0 Å². The normalized spacial score (nSPS) is 26.4. The van der Waals surface area contributed by atoms with E-state index in [9.17, 15) is 13.2 Å². The highest BCUT2D eigenvalue weighted by molar-refractivity contribution is 7.89. The van der Waals surface area contributed by atoms with Gasteiger partial charge in [0, 0.05) is 39.4 Å². The summed E-state index contributed by atoms with van der Waals surface area (Å²) in [5.74, 6) is -0.227. The van der Waals surface area contributed by atoms with E-state index in [0.29, 0.717) is 52.2 Å². The van der Waals surface area contributed by atoms with Gasteiger partial charge in [-0.25, -0.2) is 8.42 Å². The lowest BCUT2D eigenvalue weighted by molar-refractivity contribution is -0.125. The van der Waals surface area contributed by atoms with Crippen LogP contribution in [0, 0.1) is 0 Å². The van der Waals surface area contributed by atoms with Crippen molar-refractivity contribution in [2.45, 2.75) is 31.1 Å². The Morgan fingerprint density at radius 2 is 2.10 bits per heavy atom. The van der Waals surface area contributed by atoms with E-state index >= 15 is 0 Å². The molecule has 2 aliphatic rings. The molecule has 2 fully saturated rings. The smallest absolute Gasteiger partial charge is 0.239 e. The van der Waals surface area contributed by atoms with Crippen molar-refractivity contribution in [3.05, 3.63) is 0 Å². The molecule has 0 spiro atoms.